The third-order valence-corrected chi connectivity index (χ3v) is 6.15. The first-order valence-corrected chi connectivity index (χ1v) is 8.60. The zero-order chi connectivity index (χ0) is 14.2. The average molecular weight is 360 g/mol. The minimum Gasteiger partial charge on any atom is -0.347 e. The van der Waals surface area contributed by atoms with Gasteiger partial charge >= 0.3 is 0 Å². The maximum Gasteiger partial charge on any atom is 0.263 e. The number of nitrogens with zero attached hydrogens (tertiary/aromatic N) is 1. The van der Waals surface area contributed by atoms with E-state index in [0.29, 0.717) is 26.3 Å². The second kappa shape index (κ2) is 5.75. The summed E-state index contributed by atoms with van der Waals surface area (Å²) in [6, 6.07) is 1.94. The van der Waals surface area contributed by atoms with Crippen LogP contribution >= 0.6 is 27.3 Å². The lowest BCUT2D eigenvalue weighted by molar-refractivity contribution is -0.181. The number of rotatable bonds is 2. The Kier molecular flexibility index (Phi) is 4.17. The molecule has 1 aromatic heterocycles. The number of likely N-dealkylation sites (tertiary alicyclic amines) is 1. The number of piperidine rings is 1. The lowest BCUT2D eigenvalue weighted by atomic mass is 10.0. The van der Waals surface area contributed by atoms with Gasteiger partial charge in [-0.15, -0.1) is 11.3 Å². The van der Waals surface area contributed by atoms with Crippen LogP contribution in [-0.2, 0) is 15.9 Å². The molecule has 1 aromatic rings. The molecule has 2 aliphatic heterocycles. The third-order valence-electron chi connectivity index (χ3n) is 3.92. The van der Waals surface area contributed by atoms with Crippen LogP contribution in [0.4, 0.5) is 0 Å². The molecular weight excluding hydrogens is 342 g/mol. The first kappa shape index (κ1) is 14.5. The molecule has 3 heterocycles. The summed E-state index contributed by atoms with van der Waals surface area (Å²) in [6.07, 6.45) is 2.49. The Bertz CT molecular complexity index is 501. The number of hydrogen-bond donors (Lipinski definition) is 0. The molecule has 2 aliphatic rings. The maximum atomic E-state index is 12.5. The van der Waals surface area contributed by atoms with Crippen molar-refractivity contribution in [2.24, 2.45) is 0 Å². The number of halogens is 1. The van der Waals surface area contributed by atoms with Crippen molar-refractivity contribution in [1.29, 1.82) is 0 Å². The number of amides is 1. The normalized spacial score (nSPS) is 21.6. The van der Waals surface area contributed by atoms with Crippen LogP contribution in [0.5, 0.6) is 0 Å². The van der Waals surface area contributed by atoms with E-state index in [2.05, 4.69) is 22.9 Å². The zero-order valence-electron chi connectivity index (χ0n) is 11.5. The first-order chi connectivity index (χ1) is 9.63. The summed E-state index contributed by atoms with van der Waals surface area (Å²) in [5.41, 5.74) is 0. The molecule has 2 saturated heterocycles. The molecule has 0 radical (unpaired) electrons. The van der Waals surface area contributed by atoms with E-state index in [9.17, 15) is 4.79 Å². The van der Waals surface area contributed by atoms with Crippen molar-refractivity contribution in [3.63, 3.8) is 0 Å². The van der Waals surface area contributed by atoms with Crippen molar-refractivity contribution < 1.29 is 14.3 Å². The van der Waals surface area contributed by atoms with Crippen LogP contribution in [0.1, 0.15) is 34.3 Å². The number of carbonyl (C=O) groups excluding carboxylic acids is 1. The molecule has 0 atom stereocenters. The lowest BCUT2D eigenvalue weighted by Crippen LogP contribution is -2.47. The van der Waals surface area contributed by atoms with Crippen LogP contribution in [0.25, 0.3) is 0 Å². The number of thiophene rings is 1. The van der Waals surface area contributed by atoms with Crippen LogP contribution in [0, 0.1) is 0 Å². The molecule has 1 spiro atoms. The van der Waals surface area contributed by atoms with E-state index in [-0.39, 0.29) is 5.91 Å². The first-order valence-electron chi connectivity index (χ1n) is 6.99. The molecule has 0 aliphatic carbocycles. The summed E-state index contributed by atoms with van der Waals surface area (Å²) in [7, 11) is 0. The summed E-state index contributed by atoms with van der Waals surface area (Å²) in [4.78, 5) is 16.5. The van der Waals surface area contributed by atoms with Crippen molar-refractivity contribution in [1.82, 2.24) is 4.90 Å². The minimum absolute atomic E-state index is 0.128. The van der Waals surface area contributed by atoms with Gasteiger partial charge in [-0.2, -0.15) is 0 Å². The maximum absolute atomic E-state index is 12.5. The van der Waals surface area contributed by atoms with E-state index in [1.54, 1.807) is 11.3 Å². The van der Waals surface area contributed by atoms with Crippen molar-refractivity contribution in [3.8, 4) is 0 Å². The van der Waals surface area contributed by atoms with Crippen molar-refractivity contribution >= 4 is 33.2 Å². The predicted octanol–water partition coefficient (Wildman–Crippen LogP) is 3.05. The van der Waals surface area contributed by atoms with Crippen LogP contribution < -0.4 is 0 Å². The second-order valence-corrected chi connectivity index (χ2v) is 7.13. The van der Waals surface area contributed by atoms with Crippen molar-refractivity contribution in [3.05, 3.63) is 20.3 Å². The summed E-state index contributed by atoms with van der Waals surface area (Å²) >= 11 is 5.10. The number of hydrogen-bond acceptors (Lipinski definition) is 4. The monoisotopic (exact) mass is 359 g/mol. The van der Waals surface area contributed by atoms with Crippen molar-refractivity contribution in [2.75, 3.05) is 26.3 Å². The van der Waals surface area contributed by atoms with E-state index >= 15 is 0 Å². The standard InChI is InChI=1S/C14H18BrNO3S/c1-2-11-10(15)9-12(20-11)13(17)16-5-3-14(4-6-16)18-7-8-19-14/h9H,2-8H2,1H3. The Labute approximate surface area is 131 Å². The van der Waals surface area contributed by atoms with Crippen LogP contribution in [0.15, 0.2) is 10.5 Å². The summed E-state index contributed by atoms with van der Waals surface area (Å²) in [5, 5.41) is 0. The van der Waals surface area contributed by atoms with E-state index in [1.807, 2.05) is 11.0 Å². The van der Waals surface area contributed by atoms with Gasteiger partial charge in [0, 0.05) is 35.3 Å². The molecule has 6 heteroatoms. The molecule has 110 valence electrons. The molecule has 0 unspecified atom stereocenters. The molecule has 2 fully saturated rings. The predicted molar refractivity (Wildman–Crippen MR) is 81.2 cm³/mol. The Morgan fingerprint density at radius 2 is 2.05 bits per heavy atom. The van der Waals surface area contributed by atoms with Gasteiger partial charge in [-0.3, -0.25) is 4.79 Å². The quantitative estimate of drug-likeness (QED) is 0.814. The number of aryl methyl sites for hydroxylation is 1. The molecule has 0 saturated carbocycles. The molecule has 3 rings (SSSR count). The largest absolute Gasteiger partial charge is 0.347 e. The third kappa shape index (κ3) is 2.66. The summed E-state index contributed by atoms with van der Waals surface area (Å²) in [6.45, 7) is 4.85. The highest BCUT2D eigenvalue weighted by atomic mass is 79.9. The molecular formula is C14H18BrNO3S. The van der Waals surface area contributed by atoms with E-state index < -0.39 is 5.79 Å². The van der Waals surface area contributed by atoms with Gasteiger partial charge in [0.05, 0.1) is 18.1 Å². The van der Waals surface area contributed by atoms with Gasteiger partial charge in [-0.1, -0.05) is 6.92 Å². The molecule has 1 amide bonds. The number of ether oxygens (including phenoxy) is 2. The SMILES string of the molecule is CCc1sc(C(=O)N2CCC3(CC2)OCCO3)cc1Br. The Morgan fingerprint density at radius 1 is 1.40 bits per heavy atom. The zero-order valence-corrected chi connectivity index (χ0v) is 13.9. The van der Waals surface area contributed by atoms with Crippen LogP contribution in [0.3, 0.4) is 0 Å². The average Bonchev–Trinajstić information content (AvgIpc) is 3.06. The topological polar surface area (TPSA) is 38.8 Å². The Balaban J connectivity index is 1.66. The van der Waals surface area contributed by atoms with Gasteiger partial charge in [0.25, 0.3) is 5.91 Å². The molecule has 20 heavy (non-hydrogen) atoms. The van der Waals surface area contributed by atoms with E-state index in [0.717, 1.165) is 28.6 Å². The Morgan fingerprint density at radius 3 is 2.60 bits per heavy atom. The highest BCUT2D eigenvalue weighted by Gasteiger charge is 2.41. The second-order valence-electron chi connectivity index (χ2n) is 5.14. The smallest absolute Gasteiger partial charge is 0.263 e. The van der Waals surface area contributed by atoms with E-state index in [1.165, 1.54) is 4.88 Å². The highest BCUT2D eigenvalue weighted by molar-refractivity contribution is 9.10. The fraction of sp³-hybridized carbons (Fsp3) is 0.643. The van der Waals surface area contributed by atoms with Gasteiger partial charge in [-0.25, -0.2) is 0 Å². The minimum atomic E-state index is -0.415. The van der Waals surface area contributed by atoms with Gasteiger partial charge in [0.15, 0.2) is 5.79 Å². The van der Waals surface area contributed by atoms with Gasteiger partial charge in [0.1, 0.15) is 0 Å². The summed E-state index contributed by atoms with van der Waals surface area (Å²) in [5.74, 6) is -0.287. The highest BCUT2D eigenvalue weighted by Crippen LogP contribution is 2.33. The van der Waals surface area contributed by atoms with Crippen LogP contribution in [-0.4, -0.2) is 42.9 Å². The fourth-order valence-corrected chi connectivity index (χ4v) is 4.61. The molecule has 0 aromatic carbocycles. The lowest BCUT2D eigenvalue weighted by Gasteiger charge is -2.37. The molecule has 4 nitrogen and oxygen atoms in total. The van der Waals surface area contributed by atoms with Gasteiger partial charge < -0.3 is 14.4 Å². The Hall–Kier alpha value is -0.430. The van der Waals surface area contributed by atoms with Crippen LogP contribution in [0.2, 0.25) is 0 Å². The fourth-order valence-electron chi connectivity index (χ4n) is 2.74. The summed E-state index contributed by atoms with van der Waals surface area (Å²) < 4.78 is 12.4. The van der Waals surface area contributed by atoms with Gasteiger partial charge in [-0.05, 0) is 28.4 Å². The van der Waals surface area contributed by atoms with E-state index in [4.69, 9.17) is 9.47 Å². The number of carbonyl (C=O) groups is 1. The van der Waals surface area contributed by atoms with Crippen molar-refractivity contribution in [2.45, 2.75) is 32.0 Å². The van der Waals surface area contributed by atoms with Gasteiger partial charge in [0.2, 0.25) is 0 Å². The molecule has 0 N–H and O–H groups in total. The molecule has 0 bridgehead atoms.